The van der Waals surface area contributed by atoms with E-state index in [0.717, 1.165) is 28.1 Å². The fourth-order valence-corrected chi connectivity index (χ4v) is 9.42. The quantitative estimate of drug-likeness (QED) is 0.169. The molecule has 0 saturated heterocycles. The van der Waals surface area contributed by atoms with E-state index < -0.39 is 0 Å². The van der Waals surface area contributed by atoms with Gasteiger partial charge < -0.3 is 0 Å². The van der Waals surface area contributed by atoms with E-state index in [0.29, 0.717) is 5.92 Å². The van der Waals surface area contributed by atoms with Crippen LogP contribution in [0.15, 0.2) is 200 Å². The SMILES string of the molecule is C1=CC2C(C=C1c1ccc(-c3nc4ccccc4n3-c3ccccc3)cc1)c1cc3c(cc1C2c1cccc(-c2ccccc2)c1)C(c1ccccc1)C=C3. The van der Waals surface area contributed by atoms with Crippen molar-refractivity contribution in [3.05, 3.63) is 239 Å². The van der Waals surface area contributed by atoms with Crippen molar-refractivity contribution >= 4 is 22.7 Å². The van der Waals surface area contributed by atoms with Crippen LogP contribution in [0.4, 0.5) is 0 Å². The average Bonchev–Trinajstić information content (AvgIpc) is 3.95. The lowest BCUT2D eigenvalue weighted by molar-refractivity contribution is 0.568. The second-order valence-electron chi connectivity index (χ2n) is 15.1. The molecule has 0 N–H and O–H groups in total. The number of fused-ring (bicyclic) bond motifs is 5. The van der Waals surface area contributed by atoms with Crippen molar-refractivity contribution in [1.29, 1.82) is 0 Å². The number of aromatic nitrogens is 2. The van der Waals surface area contributed by atoms with Crippen LogP contribution in [0.5, 0.6) is 0 Å². The van der Waals surface area contributed by atoms with Gasteiger partial charge in [-0.1, -0.05) is 182 Å². The number of rotatable bonds is 6. The van der Waals surface area contributed by atoms with Crippen molar-refractivity contribution in [2.75, 3.05) is 0 Å². The number of hydrogen-bond donors (Lipinski definition) is 0. The molecule has 0 radical (unpaired) electrons. The molecule has 55 heavy (non-hydrogen) atoms. The Morgan fingerprint density at radius 1 is 0.473 bits per heavy atom. The smallest absolute Gasteiger partial charge is 0.145 e. The highest BCUT2D eigenvalue weighted by molar-refractivity contribution is 5.84. The van der Waals surface area contributed by atoms with E-state index in [9.17, 15) is 0 Å². The summed E-state index contributed by atoms with van der Waals surface area (Å²) in [6.07, 6.45) is 12.1. The third-order valence-corrected chi connectivity index (χ3v) is 12.0. The second kappa shape index (κ2) is 13.0. The molecule has 0 aliphatic heterocycles. The first-order valence-electron chi connectivity index (χ1n) is 19.4. The van der Waals surface area contributed by atoms with Crippen molar-refractivity contribution in [2.24, 2.45) is 5.92 Å². The van der Waals surface area contributed by atoms with Crippen LogP contribution in [0.25, 0.3) is 50.9 Å². The second-order valence-corrected chi connectivity index (χ2v) is 15.1. The Hall–Kier alpha value is -6.77. The van der Waals surface area contributed by atoms with Crippen LogP contribution in [-0.4, -0.2) is 9.55 Å². The van der Waals surface area contributed by atoms with Crippen LogP contribution < -0.4 is 0 Å². The Balaban J connectivity index is 0.992. The summed E-state index contributed by atoms with van der Waals surface area (Å²) in [5.41, 5.74) is 17.7. The van der Waals surface area contributed by atoms with Crippen LogP contribution in [0.1, 0.15) is 56.7 Å². The molecule has 0 spiro atoms. The number of nitrogens with zero attached hydrogens (tertiary/aromatic N) is 2. The molecule has 4 unspecified atom stereocenters. The first-order valence-corrected chi connectivity index (χ1v) is 19.4. The molecule has 8 aromatic rings. The summed E-state index contributed by atoms with van der Waals surface area (Å²) in [5.74, 6) is 2.09. The summed E-state index contributed by atoms with van der Waals surface area (Å²) < 4.78 is 2.27. The van der Waals surface area contributed by atoms with Crippen LogP contribution in [-0.2, 0) is 0 Å². The monoisotopic (exact) mass is 702 g/mol. The molecule has 0 fully saturated rings. The Labute approximate surface area is 322 Å². The van der Waals surface area contributed by atoms with E-state index in [1.807, 2.05) is 0 Å². The fraction of sp³-hybridized carbons (Fsp3) is 0.0755. The lowest BCUT2D eigenvalue weighted by atomic mass is 9.78. The highest BCUT2D eigenvalue weighted by Crippen LogP contribution is 2.56. The minimum absolute atomic E-state index is 0.258. The first-order chi connectivity index (χ1) is 27.3. The van der Waals surface area contributed by atoms with E-state index in [1.54, 1.807) is 0 Å². The van der Waals surface area contributed by atoms with Crippen molar-refractivity contribution < 1.29 is 0 Å². The molecule has 7 aromatic carbocycles. The zero-order chi connectivity index (χ0) is 36.3. The molecular weight excluding hydrogens is 665 g/mol. The number of hydrogen-bond acceptors (Lipinski definition) is 1. The van der Waals surface area contributed by atoms with Crippen molar-refractivity contribution in [2.45, 2.75) is 17.8 Å². The average molecular weight is 703 g/mol. The van der Waals surface area contributed by atoms with Crippen molar-refractivity contribution in [3.8, 4) is 28.2 Å². The van der Waals surface area contributed by atoms with Crippen LogP contribution in [0.3, 0.4) is 0 Å². The zero-order valence-corrected chi connectivity index (χ0v) is 30.3. The maximum absolute atomic E-state index is 5.11. The maximum atomic E-state index is 5.11. The van der Waals surface area contributed by atoms with Gasteiger partial charge in [-0.05, 0) is 85.8 Å². The molecule has 4 atom stereocenters. The minimum Gasteiger partial charge on any atom is -0.292 e. The van der Waals surface area contributed by atoms with Gasteiger partial charge in [-0.2, -0.15) is 0 Å². The molecule has 260 valence electrons. The Bertz CT molecular complexity index is 2810. The van der Waals surface area contributed by atoms with Gasteiger partial charge in [-0.25, -0.2) is 4.98 Å². The molecule has 3 aliphatic rings. The molecule has 1 heterocycles. The Morgan fingerprint density at radius 3 is 1.98 bits per heavy atom. The van der Waals surface area contributed by atoms with E-state index in [-0.39, 0.29) is 17.8 Å². The van der Waals surface area contributed by atoms with Gasteiger partial charge in [0.05, 0.1) is 11.0 Å². The third-order valence-electron chi connectivity index (χ3n) is 12.0. The molecule has 0 saturated carbocycles. The zero-order valence-electron chi connectivity index (χ0n) is 30.3. The Morgan fingerprint density at radius 2 is 1.16 bits per heavy atom. The summed E-state index contributed by atoms with van der Waals surface area (Å²) in [7, 11) is 0. The highest BCUT2D eigenvalue weighted by Gasteiger charge is 2.42. The van der Waals surface area contributed by atoms with E-state index in [4.69, 9.17) is 4.98 Å². The van der Waals surface area contributed by atoms with E-state index in [1.165, 1.54) is 55.6 Å². The molecule has 0 bridgehead atoms. The van der Waals surface area contributed by atoms with Crippen molar-refractivity contribution in [3.63, 3.8) is 0 Å². The molecular formula is C53H38N2. The van der Waals surface area contributed by atoms with Gasteiger partial charge in [0, 0.05) is 29.0 Å². The third kappa shape index (κ3) is 5.36. The molecule has 11 rings (SSSR count). The molecule has 0 amide bonds. The van der Waals surface area contributed by atoms with Gasteiger partial charge in [-0.3, -0.25) is 4.57 Å². The van der Waals surface area contributed by atoms with Crippen LogP contribution in [0, 0.1) is 5.92 Å². The number of allylic oxidation sites excluding steroid dienone is 5. The predicted molar refractivity (Wildman–Crippen MR) is 227 cm³/mol. The minimum atomic E-state index is 0.258. The standard InChI is InChI=1S/C53H38N2/c1-4-13-35(14-5-1)39-17-12-18-42(31-39)52-45-30-27-40(32-47(45)48-33-41-28-29-44(46(41)34-49(48)52)37-15-6-2-7-16-37)36-23-25-38(26-24-36)53-54-50-21-10-11-22-51(50)55(53)43-19-8-3-9-20-43/h1-34,44-45,47,52H. The first kappa shape index (κ1) is 31.7. The molecule has 1 aromatic heterocycles. The lowest BCUT2D eigenvalue weighted by Gasteiger charge is -2.26. The summed E-state index contributed by atoms with van der Waals surface area (Å²) in [4.78, 5) is 5.11. The van der Waals surface area contributed by atoms with E-state index >= 15 is 0 Å². The topological polar surface area (TPSA) is 17.8 Å². The number of imidazole rings is 1. The van der Waals surface area contributed by atoms with Crippen LogP contribution in [0.2, 0.25) is 0 Å². The largest absolute Gasteiger partial charge is 0.292 e. The lowest BCUT2D eigenvalue weighted by Crippen LogP contribution is -2.13. The number of benzene rings is 7. The molecule has 2 heteroatoms. The van der Waals surface area contributed by atoms with Crippen LogP contribution >= 0.6 is 0 Å². The number of para-hydroxylation sites is 3. The molecule has 3 aliphatic carbocycles. The summed E-state index contributed by atoms with van der Waals surface area (Å²) in [6.45, 7) is 0. The Kier molecular flexibility index (Phi) is 7.48. The fourth-order valence-electron chi connectivity index (χ4n) is 9.42. The van der Waals surface area contributed by atoms with Gasteiger partial charge >= 0.3 is 0 Å². The summed E-state index contributed by atoms with van der Waals surface area (Å²) in [6, 6.07) is 64.0. The maximum Gasteiger partial charge on any atom is 0.145 e. The summed E-state index contributed by atoms with van der Waals surface area (Å²) >= 11 is 0. The normalized spacial score (nSPS) is 19.2. The van der Waals surface area contributed by atoms with Gasteiger partial charge in [-0.15, -0.1) is 0 Å². The highest BCUT2D eigenvalue weighted by atomic mass is 15.1. The van der Waals surface area contributed by atoms with Gasteiger partial charge in [0.25, 0.3) is 0 Å². The van der Waals surface area contributed by atoms with Crippen molar-refractivity contribution in [1.82, 2.24) is 9.55 Å². The van der Waals surface area contributed by atoms with Gasteiger partial charge in [0.15, 0.2) is 0 Å². The van der Waals surface area contributed by atoms with Gasteiger partial charge in [0.2, 0.25) is 0 Å². The van der Waals surface area contributed by atoms with Gasteiger partial charge in [0.1, 0.15) is 5.82 Å². The van der Waals surface area contributed by atoms with E-state index in [2.05, 4.69) is 211 Å². The summed E-state index contributed by atoms with van der Waals surface area (Å²) in [5, 5.41) is 0. The predicted octanol–water partition coefficient (Wildman–Crippen LogP) is 13.0. The molecule has 2 nitrogen and oxygen atoms in total.